The van der Waals surface area contributed by atoms with Crippen LogP contribution in [0.1, 0.15) is 26.2 Å². The average molecular weight is 201 g/mol. The fraction of sp³-hybridized carbons (Fsp3) is 1.00. The topological polar surface area (TPSA) is 32.7 Å². The zero-order valence-electron chi connectivity index (χ0n) is 9.41. The van der Waals surface area contributed by atoms with E-state index in [1.165, 1.54) is 0 Å². The maximum atomic E-state index is 9.71. The second-order valence-electron chi connectivity index (χ2n) is 4.17. The minimum Gasteiger partial charge on any atom is -0.393 e. The molecule has 1 fully saturated rings. The van der Waals surface area contributed by atoms with Crippen molar-refractivity contribution in [2.45, 2.75) is 32.3 Å². The summed E-state index contributed by atoms with van der Waals surface area (Å²) in [6.45, 7) is 6.21. The molecule has 0 amide bonds. The monoisotopic (exact) mass is 201 g/mol. The number of nitrogens with zero attached hydrogens (tertiary/aromatic N) is 1. The maximum Gasteiger partial charge on any atom is 0.0592 e. The number of aliphatic hydroxyl groups excluding tert-OH is 1. The second kappa shape index (κ2) is 6.38. The Morgan fingerprint density at radius 3 is 2.93 bits per heavy atom. The van der Waals surface area contributed by atoms with Crippen molar-refractivity contribution >= 4 is 0 Å². The van der Waals surface area contributed by atoms with Gasteiger partial charge in [0, 0.05) is 33.4 Å². The lowest BCUT2D eigenvalue weighted by molar-refractivity contribution is 0.0224. The largest absolute Gasteiger partial charge is 0.393 e. The van der Waals surface area contributed by atoms with Crippen LogP contribution in [0.25, 0.3) is 0 Å². The lowest BCUT2D eigenvalue weighted by Crippen LogP contribution is -2.43. The van der Waals surface area contributed by atoms with Gasteiger partial charge in [-0.25, -0.2) is 0 Å². The number of methoxy groups -OCH3 is 1. The van der Waals surface area contributed by atoms with Crippen LogP contribution < -0.4 is 0 Å². The zero-order valence-corrected chi connectivity index (χ0v) is 9.41. The highest BCUT2D eigenvalue weighted by Gasteiger charge is 2.25. The summed E-state index contributed by atoms with van der Waals surface area (Å²) in [6.07, 6.45) is 3.05. The molecule has 2 unspecified atom stereocenters. The minimum atomic E-state index is -0.0707. The number of aliphatic hydroxyl groups is 1. The van der Waals surface area contributed by atoms with E-state index in [2.05, 4.69) is 11.8 Å². The van der Waals surface area contributed by atoms with Gasteiger partial charge in [-0.2, -0.15) is 0 Å². The first kappa shape index (κ1) is 12.0. The Morgan fingerprint density at radius 2 is 2.29 bits per heavy atom. The first-order valence-electron chi connectivity index (χ1n) is 5.67. The molecule has 1 saturated heterocycles. The van der Waals surface area contributed by atoms with Crippen LogP contribution in [0.15, 0.2) is 0 Å². The summed E-state index contributed by atoms with van der Waals surface area (Å²) in [5, 5.41) is 9.71. The quantitative estimate of drug-likeness (QED) is 0.676. The third-order valence-electron chi connectivity index (χ3n) is 3.13. The molecule has 0 aliphatic carbocycles. The van der Waals surface area contributed by atoms with E-state index in [-0.39, 0.29) is 6.10 Å². The maximum absolute atomic E-state index is 9.71. The molecule has 0 saturated carbocycles. The molecule has 0 aromatic rings. The van der Waals surface area contributed by atoms with Crippen LogP contribution in [0.5, 0.6) is 0 Å². The summed E-state index contributed by atoms with van der Waals surface area (Å²) in [5.74, 6) is 0.478. The normalized spacial score (nSPS) is 29.4. The minimum absolute atomic E-state index is 0.0707. The van der Waals surface area contributed by atoms with Crippen molar-refractivity contribution in [2.24, 2.45) is 5.92 Å². The van der Waals surface area contributed by atoms with E-state index in [9.17, 15) is 5.11 Å². The van der Waals surface area contributed by atoms with Crippen LogP contribution in [0.3, 0.4) is 0 Å². The molecular formula is C11H23NO2. The average Bonchev–Trinajstić information content (AvgIpc) is 2.21. The highest BCUT2D eigenvalue weighted by Crippen LogP contribution is 2.19. The van der Waals surface area contributed by atoms with Crippen LogP contribution in [0.2, 0.25) is 0 Å². The Morgan fingerprint density at radius 1 is 1.50 bits per heavy atom. The predicted octanol–water partition coefficient (Wildman–Crippen LogP) is 1.12. The van der Waals surface area contributed by atoms with Crippen LogP contribution >= 0.6 is 0 Å². The van der Waals surface area contributed by atoms with Gasteiger partial charge in [-0.1, -0.05) is 6.92 Å². The molecule has 1 aliphatic rings. The fourth-order valence-electron chi connectivity index (χ4n) is 2.13. The summed E-state index contributed by atoms with van der Waals surface area (Å²) in [7, 11) is 1.74. The number of ether oxygens (including phenoxy) is 1. The molecule has 0 bridgehead atoms. The van der Waals surface area contributed by atoms with Crippen LogP contribution in [0, 0.1) is 5.92 Å². The molecule has 14 heavy (non-hydrogen) atoms. The third kappa shape index (κ3) is 3.56. The van der Waals surface area contributed by atoms with Gasteiger partial charge in [-0.15, -0.1) is 0 Å². The summed E-state index contributed by atoms with van der Waals surface area (Å²) in [4.78, 5) is 2.44. The second-order valence-corrected chi connectivity index (χ2v) is 4.17. The van der Waals surface area contributed by atoms with E-state index in [0.29, 0.717) is 5.92 Å². The summed E-state index contributed by atoms with van der Waals surface area (Å²) in [6, 6.07) is 0. The lowest BCUT2D eigenvalue weighted by atomic mass is 9.92. The van der Waals surface area contributed by atoms with Crippen molar-refractivity contribution < 1.29 is 9.84 Å². The highest BCUT2D eigenvalue weighted by molar-refractivity contribution is 4.78. The molecule has 84 valence electrons. The molecule has 0 radical (unpaired) electrons. The van der Waals surface area contributed by atoms with Crippen molar-refractivity contribution in [3.8, 4) is 0 Å². The predicted molar refractivity (Wildman–Crippen MR) is 57.3 cm³/mol. The van der Waals surface area contributed by atoms with Crippen LogP contribution in [-0.4, -0.2) is 49.5 Å². The van der Waals surface area contributed by atoms with Crippen molar-refractivity contribution in [3.63, 3.8) is 0 Å². The van der Waals surface area contributed by atoms with Gasteiger partial charge in [-0.3, -0.25) is 0 Å². The molecule has 3 nitrogen and oxygen atoms in total. The Hall–Kier alpha value is -0.120. The number of hydrogen-bond acceptors (Lipinski definition) is 3. The number of likely N-dealkylation sites (tertiary alicyclic amines) is 1. The van der Waals surface area contributed by atoms with Gasteiger partial charge in [0.15, 0.2) is 0 Å². The molecule has 2 atom stereocenters. The Kier molecular flexibility index (Phi) is 5.45. The molecule has 0 spiro atoms. The van der Waals surface area contributed by atoms with Crippen molar-refractivity contribution in [2.75, 3.05) is 33.4 Å². The molecule has 1 rings (SSSR count). The van der Waals surface area contributed by atoms with E-state index < -0.39 is 0 Å². The van der Waals surface area contributed by atoms with Gasteiger partial charge in [0.2, 0.25) is 0 Å². The van der Waals surface area contributed by atoms with E-state index >= 15 is 0 Å². The molecule has 1 aliphatic heterocycles. The third-order valence-corrected chi connectivity index (χ3v) is 3.13. The van der Waals surface area contributed by atoms with E-state index in [4.69, 9.17) is 4.74 Å². The zero-order chi connectivity index (χ0) is 10.4. The Bertz CT molecular complexity index is 152. The van der Waals surface area contributed by atoms with E-state index in [0.717, 1.165) is 45.5 Å². The molecule has 3 heteroatoms. The standard InChI is InChI=1S/C11H23NO2/c1-3-10-9-12(6-4-8-14-2)7-5-11(10)13/h10-11,13H,3-9H2,1-2H3. The molecular weight excluding hydrogens is 178 g/mol. The van der Waals surface area contributed by atoms with Gasteiger partial charge in [0.1, 0.15) is 0 Å². The number of rotatable bonds is 5. The summed E-state index contributed by atoms with van der Waals surface area (Å²) < 4.78 is 5.03. The fourth-order valence-corrected chi connectivity index (χ4v) is 2.13. The molecule has 1 heterocycles. The highest BCUT2D eigenvalue weighted by atomic mass is 16.5. The van der Waals surface area contributed by atoms with E-state index in [1.807, 2.05) is 0 Å². The smallest absolute Gasteiger partial charge is 0.0592 e. The first-order chi connectivity index (χ1) is 6.77. The van der Waals surface area contributed by atoms with Gasteiger partial charge < -0.3 is 14.7 Å². The van der Waals surface area contributed by atoms with Crippen molar-refractivity contribution in [1.82, 2.24) is 4.90 Å². The van der Waals surface area contributed by atoms with E-state index in [1.54, 1.807) is 7.11 Å². The first-order valence-corrected chi connectivity index (χ1v) is 5.67. The van der Waals surface area contributed by atoms with Gasteiger partial charge in [0.05, 0.1) is 6.10 Å². The van der Waals surface area contributed by atoms with Crippen LogP contribution in [-0.2, 0) is 4.74 Å². The number of piperidine rings is 1. The van der Waals surface area contributed by atoms with Crippen molar-refractivity contribution in [1.29, 1.82) is 0 Å². The van der Waals surface area contributed by atoms with Gasteiger partial charge in [0.25, 0.3) is 0 Å². The number of hydrogen-bond donors (Lipinski definition) is 1. The van der Waals surface area contributed by atoms with Gasteiger partial charge in [-0.05, 0) is 25.2 Å². The molecule has 1 N–H and O–H groups in total. The lowest BCUT2D eigenvalue weighted by Gasteiger charge is -2.35. The summed E-state index contributed by atoms with van der Waals surface area (Å²) in [5.41, 5.74) is 0. The molecule has 0 aromatic carbocycles. The SMILES string of the molecule is CCC1CN(CCCOC)CCC1O. The molecule has 0 aromatic heterocycles. The summed E-state index contributed by atoms with van der Waals surface area (Å²) >= 11 is 0. The Balaban J connectivity index is 2.21. The van der Waals surface area contributed by atoms with Crippen molar-refractivity contribution in [3.05, 3.63) is 0 Å². The van der Waals surface area contributed by atoms with Crippen LogP contribution in [0.4, 0.5) is 0 Å². The Labute approximate surface area is 87.1 Å². The van der Waals surface area contributed by atoms with Gasteiger partial charge >= 0.3 is 0 Å².